The van der Waals surface area contributed by atoms with Crippen LogP contribution < -0.4 is 10.1 Å². The molecule has 2 nitrogen and oxygen atoms in total. The molecule has 1 N–H and O–H groups in total. The van der Waals surface area contributed by atoms with Crippen molar-refractivity contribution >= 4 is 6.08 Å². The molecule has 0 aliphatic carbocycles. The Labute approximate surface area is 118 Å². The fourth-order valence-electron chi connectivity index (χ4n) is 1.92. The smallest absolute Gasteiger partial charge is 0.165 e. The number of nitrogens with one attached hydrogen (secondary N) is 1. The molecule has 0 saturated heterocycles. The SMILES string of the molecule is CNCc1cccc(F)c1OC/C=C/c1ccccc1. The second-order valence-corrected chi connectivity index (χ2v) is 4.38. The summed E-state index contributed by atoms with van der Waals surface area (Å²) in [5.41, 5.74) is 1.92. The first-order chi connectivity index (χ1) is 9.81. The van der Waals surface area contributed by atoms with Crippen LogP contribution in [0, 0.1) is 5.82 Å². The van der Waals surface area contributed by atoms with Gasteiger partial charge in [-0.05, 0) is 24.8 Å². The average Bonchev–Trinajstić information content (AvgIpc) is 2.47. The normalized spacial score (nSPS) is 10.9. The summed E-state index contributed by atoms with van der Waals surface area (Å²) in [6, 6.07) is 14.9. The molecule has 20 heavy (non-hydrogen) atoms. The maximum absolute atomic E-state index is 13.7. The Morgan fingerprint density at radius 2 is 1.90 bits per heavy atom. The molecule has 0 aliphatic heterocycles. The monoisotopic (exact) mass is 271 g/mol. The predicted octanol–water partition coefficient (Wildman–Crippen LogP) is 3.64. The Kier molecular flexibility index (Phi) is 5.33. The molecular formula is C17H18FNO. The van der Waals surface area contributed by atoms with Gasteiger partial charge in [-0.25, -0.2) is 4.39 Å². The molecule has 0 radical (unpaired) electrons. The number of benzene rings is 2. The Balaban J connectivity index is 1.99. The Bertz CT molecular complexity index is 566. The lowest BCUT2D eigenvalue weighted by Crippen LogP contribution is -2.08. The third-order valence-corrected chi connectivity index (χ3v) is 2.85. The summed E-state index contributed by atoms with van der Waals surface area (Å²) in [5.74, 6) is -0.00887. The number of rotatable bonds is 6. The van der Waals surface area contributed by atoms with Crippen LogP contribution in [0.1, 0.15) is 11.1 Å². The van der Waals surface area contributed by atoms with Crippen molar-refractivity contribution in [3.8, 4) is 5.75 Å². The molecule has 3 heteroatoms. The van der Waals surface area contributed by atoms with Crippen LogP contribution in [0.4, 0.5) is 4.39 Å². The first-order valence-corrected chi connectivity index (χ1v) is 6.57. The van der Waals surface area contributed by atoms with E-state index in [9.17, 15) is 4.39 Å². The second kappa shape index (κ2) is 7.46. The van der Waals surface area contributed by atoms with E-state index in [1.165, 1.54) is 6.07 Å². The van der Waals surface area contributed by atoms with Gasteiger partial charge in [0.2, 0.25) is 0 Å². The minimum atomic E-state index is -0.328. The Morgan fingerprint density at radius 3 is 2.65 bits per heavy atom. The predicted molar refractivity (Wildman–Crippen MR) is 80.1 cm³/mol. The van der Waals surface area contributed by atoms with E-state index in [0.717, 1.165) is 11.1 Å². The highest BCUT2D eigenvalue weighted by Crippen LogP contribution is 2.22. The van der Waals surface area contributed by atoms with E-state index in [0.29, 0.717) is 18.9 Å². The highest BCUT2D eigenvalue weighted by molar-refractivity contribution is 5.48. The molecule has 2 aromatic carbocycles. The van der Waals surface area contributed by atoms with Crippen molar-refractivity contribution in [3.05, 3.63) is 71.6 Å². The number of halogens is 1. The standard InChI is InChI=1S/C17H18FNO/c1-19-13-15-10-5-11-16(18)17(15)20-12-6-9-14-7-3-2-4-8-14/h2-11,19H,12-13H2,1H3/b9-6+. The maximum atomic E-state index is 13.7. The van der Waals surface area contributed by atoms with E-state index in [-0.39, 0.29) is 5.82 Å². The quantitative estimate of drug-likeness (QED) is 0.866. The van der Waals surface area contributed by atoms with Crippen LogP contribution in [0.2, 0.25) is 0 Å². The highest BCUT2D eigenvalue weighted by Gasteiger charge is 2.08. The molecule has 104 valence electrons. The van der Waals surface area contributed by atoms with Gasteiger partial charge in [-0.2, -0.15) is 0 Å². The maximum Gasteiger partial charge on any atom is 0.165 e. The van der Waals surface area contributed by atoms with Gasteiger partial charge in [0, 0.05) is 12.1 Å². The number of ether oxygens (including phenoxy) is 1. The molecule has 0 aromatic heterocycles. The average molecular weight is 271 g/mol. The fourth-order valence-corrected chi connectivity index (χ4v) is 1.92. The lowest BCUT2D eigenvalue weighted by molar-refractivity contribution is 0.337. The topological polar surface area (TPSA) is 21.3 Å². The minimum Gasteiger partial charge on any atom is -0.486 e. The van der Waals surface area contributed by atoms with Crippen molar-refractivity contribution in [2.45, 2.75) is 6.54 Å². The number of hydrogen-bond acceptors (Lipinski definition) is 2. The van der Waals surface area contributed by atoms with Crippen LogP contribution in [0.3, 0.4) is 0 Å². The van der Waals surface area contributed by atoms with E-state index >= 15 is 0 Å². The van der Waals surface area contributed by atoms with Gasteiger partial charge in [-0.1, -0.05) is 48.5 Å². The van der Waals surface area contributed by atoms with Crippen LogP contribution in [0.15, 0.2) is 54.6 Å². The molecular weight excluding hydrogens is 253 g/mol. The first kappa shape index (κ1) is 14.3. The van der Waals surface area contributed by atoms with Crippen LogP contribution in [-0.2, 0) is 6.54 Å². The van der Waals surface area contributed by atoms with E-state index in [1.54, 1.807) is 6.07 Å². The molecule has 0 bridgehead atoms. The number of para-hydroxylation sites is 1. The summed E-state index contributed by atoms with van der Waals surface area (Å²) in [5, 5.41) is 3.00. The van der Waals surface area contributed by atoms with Crippen molar-refractivity contribution in [2.75, 3.05) is 13.7 Å². The van der Waals surface area contributed by atoms with Crippen LogP contribution in [0.25, 0.3) is 6.08 Å². The van der Waals surface area contributed by atoms with E-state index in [2.05, 4.69) is 5.32 Å². The molecule has 2 aromatic rings. The molecule has 2 rings (SSSR count). The summed E-state index contributed by atoms with van der Waals surface area (Å²) in [4.78, 5) is 0. The van der Waals surface area contributed by atoms with E-state index in [4.69, 9.17) is 4.74 Å². The van der Waals surface area contributed by atoms with Crippen molar-refractivity contribution < 1.29 is 9.13 Å². The molecule has 0 fully saturated rings. The zero-order chi connectivity index (χ0) is 14.2. The largest absolute Gasteiger partial charge is 0.486 e. The summed E-state index contributed by atoms with van der Waals surface area (Å²) in [6.07, 6.45) is 3.84. The minimum absolute atomic E-state index is 0.319. The van der Waals surface area contributed by atoms with Crippen molar-refractivity contribution in [1.82, 2.24) is 5.32 Å². The lowest BCUT2D eigenvalue weighted by atomic mass is 10.2. The van der Waals surface area contributed by atoms with Gasteiger partial charge in [0.15, 0.2) is 11.6 Å². The van der Waals surface area contributed by atoms with Gasteiger partial charge in [0.25, 0.3) is 0 Å². The van der Waals surface area contributed by atoms with Crippen LogP contribution in [0.5, 0.6) is 5.75 Å². The molecule has 0 amide bonds. The Hall–Kier alpha value is -2.13. The summed E-state index contributed by atoms with van der Waals surface area (Å²) >= 11 is 0. The summed E-state index contributed by atoms with van der Waals surface area (Å²) in [6.45, 7) is 0.919. The second-order valence-electron chi connectivity index (χ2n) is 4.38. The van der Waals surface area contributed by atoms with Crippen LogP contribution in [-0.4, -0.2) is 13.7 Å². The molecule has 0 atom stereocenters. The molecule has 0 aliphatic rings. The van der Waals surface area contributed by atoms with Crippen molar-refractivity contribution in [2.24, 2.45) is 0 Å². The molecule has 0 heterocycles. The zero-order valence-electron chi connectivity index (χ0n) is 11.5. The molecule has 0 unspecified atom stereocenters. The fraction of sp³-hybridized carbons (Fsp3) is 0.176. The summed E-state index contributed by atoms with van der Waals surface area (Å²) < 4.78 is 19.3. The zero-order valence-corrected chi connectivity index (χ0v) is 11.5. The third kappa shape index (κ3) is 3.93. The summed E-state index contributed by atoms with van der Waals surface area (Å²) in [7, 11) is 1.82. The van der Waals surface area contributed by atoms with Gasteiger partial charge >= 0.3 is 0 Å². The third-order valence-electron chi connectivity index (χ3n) is 2.85. The van der Waals surface area contributed by atoms with Crippen molar-refractivity contribution in [1.29, 1.82) is 0 Å². The lowest BCUT2D eigenvalue weighted by Gasteiger charge is -2.10. The van der Waals surface area contributed by atoms with Gasteiger partial charge in [-0.15, -0.1) is 0 Å². The molecule has 0 spiro atoms. The van der Waals surface area contributed by atoms with Gasteiger partial charge in [0.1, 0.15) is 6.61 Å². The Morgan fingerprint density at radius 1 is 1.10 bits per heavy atom. The number of hydrogen-bond donors (Lipinski definition) is 1. The first-order valence-electron chi connectivity index (χ1n) is 6.57. The van der Waals surface area contributed by atoms with Gasteiger partial charge in [-0.3, -0.25) is 0 Å². The molecule has 0 saturated carbocycles. The highest BCUT2D eigenvalue weighted by atomic mass is 19.1. The van der Waals surface area contributed by atoms with Crippen LogP contribution >= 0.6 is 0 Å². The van der Waals surface area contributed by atoms with E-state index < -0.39 is 0 Å². The van der Waals surface area contributed by atoms with Gasteiger partial charge < -0.3 is 10.1 Å². The van der Waals surface area contributed by atoms with E-state index in [1.807, 2.05) is 55.6 Å². The van der Waals surface area contributed by atoms with Crippen molar-refractivity contribution in [3.63, 3.8) is 0 Å². The van der Waals surface area contributed by atoms with Gasteiger partial charge in [0.05, 0.1) is 0 Å².